The van der Waals surface area contributed by atoms with Crippen LogP contribution in [0.5, 0.6) is 0 Å². The van der Waals surface area contributed by atoms with Crippen LogP contribution in [0.1, 0.15) is 25.7 Å². The Balaban J connectivity index is 2.03. The number of ether oxygens (including phenoxy) is 1. The van der Waals surface area contributed by atoms with E-state index in [2.05, 4.69) is 10.2 Å². The van der Waals surface area contributed by atoms with Crippen LogP contribution >= 0.6 is 0 Å². The first-order chi connectivity index (χ1) is 9.94. The Bertz CT molecular complexity index is 394. The Kier molecular flexibility index (Phi) is 5.05. The molecule has 1 atom stereocenters. The second-order valence-electron chi connectivity index (χ2n) is 6.18. The maximum absolute atomic E-state index is 12.5. The summed E-state index contributed by atoms with van der Waals surface area (Å²) in [5, 5.41) is 12.3. The smallest absolute Gasteiger partial charge is 0.329 e. The van der Waals surface area contributed by atoms with Crippen LogP contribution in [-0.2, 0) is 9.53 Å². The zero-order valence-electron chi connectivity index (χ0n) is 12.8. The van der Waals surface area contributed by atoms with Gasteiger partial charge in [-0.3, -0.25) is 0 Å². The van der Waals surface area contributed by atoms with Crippen LogP contribution in [0.15, 0.2) is 0 Å². The molecule has 0 saturated carbocycles. The minimum Gasteiger partial charge on any atom is -0.480 e. The Morgan fingerprint density at radius 3 is 2.62 bits per heavy atom. The van der Waals surface area contributed by atoms with Gasteiger partial charge in [0.15, 0.2) is 0 Å². The van der Waals surface area contributed by atoms with E-state index >= 15 is 0 Å². The van der Waals surface area contributed by atoms with Gasteiger partial charge in [-0.15, -0.1) is 0 Å². The monoisotopic (exact) mass is 299 g/mol. The molecule has 2 fully saturated rings. The molecule has 2 rings (SSSR count). The standard InChI is InChI=1S/C14H25N3O4/c1-16(2)10-11-4-3-7-17(11)13(20)15-14(12(18)19)5-8-21-9-6-14/h11H,3-10H2,1-2H3,(H,15,20)(H,18,19). The number of amides is 2. The molecule has 0 spiro atoms. The average molecular weight is 299 g/mol. The summed E-state index contributed by atoms with van der Waals surface area (Å²) in [6.45, 7) is 2.23. The highest BCUT2D eigenvalue weighted by atomic mass is 16.5. The molecule has 0 aromatic carbocycles. The lowest BCUT2D eigenvalue weighted by Crippen LogP contribution is -2.61. The highest BCUT2D eigenvalue weighted by Gasteiger charge is 2.43. The molecule has 2 N–H and O–H groups in total. The zero-order valence-corrected chi connectivity index (χ0v) is 12.8. The van der Waals surface area contributed by atoms with Crippen molar-refractivity contribution in [1.29, 1.82) is 0 Å². The van der Waals surface area contributed by atoms with Gasteiger partial charge in [0, 0.05) is 45.2 Å². The predicted octanol–water partition coefficient (Wildman–Crippen LogP) is 0.356. The number of carboxylic acid groups (broad SMARTS) is 1. The fraction of sp³-hybridized carbons (Fsp3) is 0.857. The second-order valence-corrected chi connectivity index (χ2v) is 6.18. The SMILES string of the molecule is CN(C)CC1CCCN1C(=O)NC1(C(=O)O)CCOCC1. The summed E-state index contributed by atoms with van der Waals surface area (Å²) in [5.74, 6) is -0.970. The topological polar surface area (TPSA) is 82.1 Å². The first-order valence-corrected chi connectivity index (χ1v) is 7.49. The summed E-state index contributed by atoms with van der Waals surface area (Å²) in [5.41, 5.74) is -1.18. The molecule has 1 unspecified atom stereocenters. The molecule has 0 bridgehead atoms. The minimum atomic E-state index is -1.18. The van der Waals surface area contributed by atoms with Crippen molar-refractivity contribution in [3.63, 3.8) is 0 Å². The Morgan fingerprint density at radius 1 is 1.38 bits per heavy atom. The summed E-state index contributed by atoms with van der Waals surface area (Å²) in [6, 6.07) is -0.102. The molecule has 2 aliphatic heterocycles. The van der Waals surface area contributed by atoms with Crippen LogP contribution in [0.4, 0.5) is 4.79 Å². The Morgan fingerprint density at radius 2 is 2.05 bits per heavy atom. The Hall–Kier alpha value is -1.34. The number of rotatable bonds is 4. The molecular weight excluding hydrogens is 274 g/mol. The van der Waals surface area contributed by atoms with Gasteiger partial charge >= 0.3 is 12.0 Å². The van der Waals surface area contributed by atoms with Crippen molar-refractivity contribution in [2.75, 3.05) is 40.4 Å². The highest BCUT2D eigenvalue weighted by Crippen LogP contribution is 2.24. The number of hydrogen-bond acceptors (Lipinski definition) is 4. The van der Waals surface area contributed by atoms with Gasteiger partial charge in [0.1, 0.15) is 5.54 Å². The van der Waals surface area contributed by atoms with Gasteiger partial charge in [0.2, 0.25) is 0 Å². The zero-order chi connectivity index (χ0) is 15.5. The summed E-state index contributed by atoms with van der Waals surface area (Å²) in [4.78, 5) is 27.9. The van der Waals surface area contributed by atoms with Gasteiger partial charge in [-0.05, 0) is 26.9 Å². The summed E-state index contributed by atoms with van der Waals surface area (Å²) >= 11 is 0. The number of carbonyl (C=O) groups is 2. The fourth-order valence-corrected chi connectivity index (χ4v) is 3.10. The van der Waals surface area contributed by atoms with Crippen molar-refractivity contribution in [3.8, 4) is 0 Å². The minimum absolute atomic E-state index is 0.158. The van der Waals surface area contributed by atoms with Gasteiger partial charge in [-0.25, -0.2) is 9.59 Å². The maximum Gasteiger partial charge on any atom is 0.329 e. The maximum atomic E-state index is 12.5. The normalized spacial score (nSPS) is 25.1. The van der Waals surface area contributed by atoms with Crippen LogP contribution < -0.4 is 5.32 Å². The van der Waals surface area contributed by atoms with E-state index in [0.29, 0.717) is 32.6 Å². The first kappa shape index (κ1) is 16.0. The van der Waals surface area contributed by atoms with Gasteiger partial charge in [-0.2, -0.15) is 0 Å². The summed E-state index contributed by atoms with van der Waals surface area (Å²) in [7, 11) is 3.96. The van der Waals surface area contributed by atoms with Crippen molar-refractivity contribution in [3.05, 3.63) is 0 Å². The van der Waals surface area contributed by atoms with E-state index in [1.165, 1.54) is 0 Å². The van der Waals surface area contributed by atoms with E-state index in [9.17, 15) is 14.7 Å². The molecule has 7 nitrogen and oxygen atoms in total. The highest BCUT2D eigenvalue weighted by molar-refractivity contribution is 5.86. The number of aliphatic carboxylic acids is 1. The molecule has 2 amide bonds. The molecular formula is C14H25N3O4. The van der Waals surface area contributed by atoms with Crippen LogP contribution in [0.25, 0.3) is 0 Å². The summed E-state index contributed by atoms with van der Waals surface area (Å²) in [6.07, 6.45) is 2.57. The van der Waals surface area contributed by atoms with Crippen molar-refractivity contribution >= 4 is 12.0 Å². The lowest BCUT2D eigenvalue weighted by molar-refractivity contribution is -0.148. The van der Waals surface area contributed by atoms with E-state index in [1.807, 2.05) is 14.1 Å². The van der Waals surface area contributed by atoms with E-state index in [4.69, 9.17) is 4.74 Å². The van der Waals surface area contributed by atoms with Crippen LogP contribution in [0, 0.1) is 0 Å². The molecule has 0 aromatic heterocycles. The molecule has 2 heterocycles. The molecule has 7 heteroatoms. The van der Waals surface area contributed by atoms with Crippen molar-refractivity contribution < 1.29 is 19.4 Å². The number of nitrogens with zero attached hydrogens (tertiary/aromatic N) is 2. The van der Waals surface area contributed by atoms with E-state index in [0.717, 1.165) is 19.4 Å². The van der Waals surface area contributed by atoms with Crippen molar-refractivity contribution in [2.45, 2.75) is 37.3 Å². The van der Waals surface area contributed by atoms with E-state index in [-0.39, 0.29) is 12.1 Å². The third kappa shape index (κ3) is 3.65. The third-order valence-corrected chi connectivity index (χ3v) is 4.32. The number of likely N-dealkylation sites (tertiary alicyclic amines) is 1. The predicted molar refractivity (Wildman–Crippen MR) is 77.2 cm³/mol. The largest absolute Gasteiger partial charge is 0.480 e. The van der Waals surface area contributed by atoms with Gasteiger partial charge in [0.05, 0.1) is 0 Å². The van der Waals surface area contributed by atoms with Crippen molar-refractivity contribution in [2.24, 2.45) is 0 Å². The third-order valence-electron chi connectivity index (χ3n) is 4.32. The number of carboxylic acids is 1. The molecule has 2 aliphatic rings. The van der Waals surface area contributed by atoms with Crippen LogP contribution in [-0.4, -0.2) is 78.9 Å². The Labute approximate surface area is 125 Å². The van der Waals surface area contributed by atoms with E-state index < -0.39 is 11.5 Å². The van der Waals surface area contributed by atoms with Crippen LogP contribution in [0.2, 0.25) is 0 Å². The van der Waals surface area contributed by atoms with E-state index in [1.54, 1.807) is 4.90 Å². The van der Waals surface area contributed by atoms with Crippen molar-refractivity contribution in [1.82, 2.24) is 15.1 Å². The summed E-state index contributed by atoms with van der Waals surface area (Å²) < 4.78 is 5.22. The molecule has 0 radical (unpaired) electrons. The molecule has 0 aliphatic carbocycles. The average Bonchev–Trinajstić information content (AvgIpc) is 2.87. The number of carbonyl (C=O) groups excluding carboxylic acids is 1. The van der Waals surface area contributed by atoms with Gasteiger partial charge in [-0.1, -0.05) is 0 Å². The second kappa shape index (κ2) is 6.62. The lowest BCUT2D eigenvalue weighted by Gasteiger charge is -2.36. The quantitative estimate of drug-likeness (QED) is 0.783. The van der Waals surface area contributed by atoms with Crippen LogP contribution in [0.3, 0.4) is 0 Å². The molecule has 120 valence electrons. The van der Waals surface area contributed by atoms with Gasteiger partial charge in [0.25, 0.3) is 0 Å². The molecule has 2 saturated heterocycles. The number of urea groups is 1. The van der Waals surface area contributed by atoms with Gasteiger partial charge < -0.3 is 25.0 Å². The number of likely N-dealkylation sites (N-methyl/N-ethyl adjacent to an activating group) is 1. The fourth-order valence-electron chi connectivity index (χ4n) is 3.10. The molecule has 0 aromatic rings. The first-order valence-electron chi connectivity index (χ1n) is 7.49. The number of nitrogens with one attached hydrogen (secondary N) is 1. The number of hydrogen-bond donors (Lipinski definition) is 2. The molecule has 21 heavy (non-hydrogen) atoms. The lowest BCUT2D eigenvalue weighted by atomic mass is 9.90.